The third-order valence-corrected chi connectivity index (χ3v) is 2.94. The van der Waals surface area contributed by atoms with Crippen LogP contribution in [0.2, 0.25) is 0 Å². The Kier molecular flexibility index (Phi) is 3.33. The Morgan fingerprint density at radius 2 is 2.33 bits per heavy atom. The van der Waals surface area contributed by atoms with Crippen molar-refractivity contribution in [1.29, 1.82) is 0 Å². The van der Waals surface area contributed by atoms with Gasteiger partial charge in [0.05, 0.1) is 5.75 Å². The molecule has 0 radical (unpaired) electrons. The van der Waals surface area contributed by atoms with Gasteiger partial charge in [-0.05, 0) is 12.1 Å². The molecule has 2 heterocycles. The van der Waals surface area contributed by atoms with Gasteiger partial charge in [-0.25, -0.2) is 4.79 Å². The van der Waals surface area contributed by atoms with Crippen LogP contribution in [0.3, 0.4) is 0 Å². The second kappa shape index (κ2) is 4.92. The number of carboxylic acid groups (broad SMARTS) is 1. The number of hydrogen-bond donors (Lipinski definition) is 2. The topological polar surface area (TPSA) is 124 Å². The minimum absolute atomic E-state index is 0.144. The average molecular weight is 268 g/mol. The van der Waals surface area contributed by atoms with E-state index < -0.39 is 11.5 Å². The van der Waals surface area contributed by atoms with Gasteiger partial charge in [0.1, 0.15) is 12.0 Å². The Morgan fingerprint density at radius 3 is 3.00 bits per heavy atom. The summed E-state index contributed by atoms with van der Waals surface area (Å²) < 4.78 is 5.90. The number of carbonyl (C=O) groups is 1. The number of nitrogens with zero attached hydrogens (tertiary/aromatic N) is 3. The first-order chi connectivity index (χ1) is 8.58. The summed E-state index contributed by atoms with van der Waals surface area (Å²) in [6, 6.07) is 2.89. The number of rotatable bonds is 4. The largest absolute Gasteiger partial charge is 0.475 e. The molecule has 0 amide bonds. The van der Waals surface area contributed by atoms with Crippen molar-refractivity contribution in [2.45, 2.75) is 10.9 Å². The summed E-state index contributed by atoms with van der Waals surface area (Å²) in [5, 5.41) is 16.1. The lowest BCUT2D eigenvalue weighted by Gasteiger charge is -2.02. The third-order valence-electron chi connectivity index (χ3n) is 1.97. The van der Waals surface area contributed by atoms with Crippen molar-refractivity contribution in [2.24, 2.45) is 0 Å². The van der Waals surface area contributed by atoms with E-state index in [0.29, 0.717) is 11.5 Å². The number of carboxylic acids is 1. The van der Waals surface area contributed by atoms with E-state index in [0.717, 1.165) is 22.6 Å². The van der Waals surface area contributed by atoms with Gasteiger partial charge in [-0.15, -0.1) is 5.10 Å². The molecule has 94 valence electrons. The average Bonchev–Trinajstić information content (AvgIpc) is 2.80. The van der Waals surface area contributed by atoms with Crippen molar-refractivity contribution in [3.05, 3.63) is 40.2 Å². The van der Waals surface area contributed by atoms with Crippen LogP contribution >= 0.6 is 11.8 Å². The van der Waals surface area contributed by atoms with E-state index in [-0.39, 0.29) is 10.9 Å². The Hall–Kier alpha value is -2.29. The predicted octanol–water partition coefficient (Wildman–Crippen LogP) is -0.0644. The normalized spacial score (nSPS) is 10.4. The molecular weight excluding hydrogens is 260 g/mol. The summed E-state index contributed by atoms with van der Waals surface area (Å²) in [5.74, 6) is 4.91. The molecule has 3 N–H and O–H groups in total. The fourth-order valence-electron chi connectivity index (χ4n) is 1.14. The van der Waals surface area contributed by atoms with Gasteiger partial charge < -0.3 is 15.4 Å². The van der Waals surface area contributed by atoms with Crippen LogP contribution in [-0.2, 0) is 5.75 Å². The van der Waals surface area contributed by atoms with Crippen LogP contribution in [0.5, 0.6) is 0 Å². The predicted molar refractivity (Wildman–Crippen MR) is 61.7 cm³/mol. The van der Waals surface area contributed by atoms with Gasteiger partial charge >= 0.3 is 5.97 Å². The van der Waals surface area contributed by atoms with Crippen LogP contribution in [0, 0.1) is 0 Å². The number of thioether (sulfide) groups is 1. The minimum Gasteiger partial charge on any atom is -0.475 e. The molecule has 0 atom stereocenters. The lowest BCUT2D eigenvalue weighted by atomic mass is 10.4. The second-order valence-corrected chi connectivity index (χ2v) is 4.14. The second-order valence-electron chi connectivity index (χ2n) is 3.20. The minimum atomic E-state index is -1.14. The summed E-state index contributed by atoms with van der Waals surface area (Å²) in [7, 11) is 0. The van der Waals surface area contributed by atoms with Crippen molar-refractivity contribution < 1.29 is 14.3 Å². The first-order valence-corrected chi connectivity index (χ1v) is 5.71. The third kappa shape index (κ3) is 2.51. The van der Waals surface area contributed by atoms with E-state index in [1.807, 2.05) is 0 Å². The molecule has 0 unspecified atom stereocenters. The SMILES string of the molecule is Nn1c(SCc2ccc(C(=O)O)o2)nncc1=O. The van der Waals surface area contributed by atoms with Crippen LogP contribution in [0.15, 0.2) is 32.7 Å². The standard InChI is InChI=1S/C9H8N4O4S/c10-13-7(14)3-11-12-9(13)18-4-5-1-2-6(17-5)8(15)16/h1-3H,4,10H2,(H,15,16). The van der Waals surface area contributed by atoms with Gasteiger partial charge in [0.25, 0.3) is 5.56 Å². The molecule has 0 aliphatic rings. The van der Waals surface area contributed by atoms with Crippen LogP contribution in [0.25, 0.3) is 0 Å². The first-order valence-electron chi connectivity index (χ1n) is 4.72. The fourth-order valence-corrected chi connectivity index (χ4v) is 1.90. The molecule has 0 bridgehead atoms. The summed E-state index contributed by atoms with van der Waals surface area (Å²) in [4.78, 5) is 21.8. The molecule has 8 nitrogen and oxygen atoms in total. The van der Waals surface area contributed by atoms with Crippen molar-refractivity contribution in [2.75, 3.05) is 5.84 Å². The summed E-state index contributed by atoms with van der Waals surface area (Å²) in [6.45, 7) is 0. The van der Waals surface area contributed by atoms with Crippen molar-refractivity contribution in [3.8, 4) is 0 Å². The smallest absolute Gasteiger partial charge is 0.371 e. The van der Waals surface area contributed by atoms with E-state index in [9.17, 15) is 9.59 Å². The molecule has 0 aliphatic heterocycles. The molecule has 2 aromatic rings. The van der Waals surface area contributed by atoms with E-state index in [4.69, 9.17) is 15.4 Å². The molecule has 0 saturated heterocycles. The van der Waals surface area contributed by atoms with Gasteiger partial charge in [-0.2, -0.15) is 9.77 Å². The molecule has 18 heavy (non-hydrogen) atoms. The monoisotopic (exact) mass is 268 g/mol. The number of nitrogens with two attached hydrogens (primary N) is 1. The lowest BCUT2D eigenvalue weighted by molar-refractivity contribution is 0.0661. The summed E-state index contributed by atoms with van der Waals surface area (Å²) >= 11 is 1.12. The highest BCUT2D eigenvalue weighted by atomic mass is 32.2. The van der Waals surface area contributed by atoms with Gasteiger partial charge in [-0.3, -0.25) is 4.79 Å². The van der Waals surface area contributed by atoms with Crippen molar-refractivity contribution >= 4 is 17.7 Å². The zero-order chi connectivity index (χ0) is 13.1. The maximum absolute atomic E-state index is 11.2. The Balaban J connectivity index is 2.09. The summed E-state index contributed by atoms with van der Waals surface area (Å²) in [5.41, 5.74) is -0.474. The number of aromatic nitrogens is 3. The molecule has 0 fully saturated rings. The van der Waals surface area contributed by atoms with Crippen molar-refractivity contribution in [3.63, 3.8) is 0 Å². The molecule has 0 aromatic carbocycles. The van der Waals surface area contributed by atoms with Gasteiger partial charge in [0.15, 0.2) is 0 Å². The Labute approximate surface area is 104 Å². The zero-order valence-electron chi connectivity index (χ0n) is 8.94. The van der Waals surface area contributed by atoms with Gasteiger partial charge in [0, 0.05) is 0 Å². The van der Waals surface area contributed by atoms with Crippen LogP contribution in [0.1, 0.15) is 16.3 Å². The number of furan rings is 1. The highest BCUT2D eigenvalue weighted by Crippen LogP contribution is 2.20. The number of aromatic carboxylic acids is 1. The van der Waals surface area contributed by atoms with Gasteiger partial charge in [-0.1, -0.05) is 11.8 Å². The zero-order valence-corrected chi connectivity index (χ0v) is 9.75. The Morgan fingerprint density at radius 1 is 1.56 bits per heavy atom. The maximum Gasteiger partial charge on any atom is 0.371 e. The van der Waals surface area contributed by atoms with Crippen molar-refractivity contribution in [1.82, 2.24) is 14.9 Å². The molecular formula is C9H8N4O4S. The van der Waals surface area contributed by atoms with Crippen LogP contribution in [0.4, 0.5) is 0 Å². The first kappa shape index (κ1) is 12.2. The summed E-state index contributed by atoms with van der Waals surface area (Å²) in [6.07, 6.45) is 0.999. The maximum atomic E-state index is 11.2. The van der Waals surface area contributed by atoms with E-state index >= 15 is 0 Å². The highest BCUT2D eigenvalue weighted by Gasteiger charge is 2.10. The molecule has 2 aromatic heterocycles. The molecule has 0 saturated carbocycles. The molecule has 2 rings (SSSR count). The molecule has 0 spiro atoms. The van der Waals surface area contributed by atoms with E-state index in [1.54, 1.807) is 0 Å². The highest BCUT2D eigenvalue weighted by molar-refractivity contribution is 7.98. The number of nitrogen functional groups attached to an aromatic ring is 1. The van der Waals surface area contributed by atoms with Gasteiger partial charge in [0.2, 0.25) is 10.9 Å². The Bertz CT molecular complexity index is 635. The fraction of sp³-hybridized carbons (Fsp3) is 0.111. The quantitative estimate of drug-likeness (QED) is 0.583. The van der Waals surface area contributed by atoms with E-state index in [2.05, 4.69) is 10.2 Å². The number of hydrogen-bond acceptors (Lipinski definition) is 7. The molecule has 9 heteroatoms. The van der Waals surface area contributed by atoms with Crippen LogP contribution < -0.4 is 11.4 Å². The van der Waals surface area contributed by atoms with Crippen LogP contribution in [-0.4, -0.2) is 25.9 Å². The molecule has 0 aliphatic carbocycles. The lowest BCUT2D eigenvalue weighted by Crippen LogP contribution is -2.29. The van der Waals surface area contributed by atoms with E-state index in [1.165, 1.54) is 12.1 Å².